The smallest absolute Gasteiger partial charge is 0.123 e. The highest BCUT2D eigenvalue weighted by molar-refractivity contribution is 7.97. The lowest BCUT2D eigenvalue weighted by atomic mass is 9.78. The third kappa shape index (κ3) is 6.29. The largest absolute Gasteiger partial charge is 0.392 e. The molecule has 1 atom stereocenters. The van der Waals surface area contributed by atoms with E-state index < -0.39 is 0 Å². The molecule has 1 heterocycles. The summed E-state index contributed by atoms with van der Waals surface area (Å²) in [6, 6.07) is 16.7. The van der Waals surface area contributed by atoms with Gasteiger partial charge in [0.15, 0.2) is 0 Å². The summed E-state index contributed by atoms with van der Waals surface area (Å²) in [5.41, 5.74) is 8.81. The van der Waals surface area contributed by atoms with Gasteiger partial charge in [-0.3, -0.25) is 0 Å². The van der Waals surface area contributed by atoms with Gasteiger partial charge < -0.3 is 10.8 Å². The zero-order valence-electron chi connectivity index (χ0n) is 17.1. The van der Waals surface area contributed by atoms with Crippen LogP contribution in [0.1, 0.15) is 43.2 Å². The maximum Gasteiger partial charge on any atom is 0.123 e. The standard InChI is InChI=1S/C18H28N2OS.C6H5F/c19-11-10-18(8-3-4-9-18)17(21)14-22-20-12-7-15-5-1-2-6-16(15)13-20;7-6-4-2-1-3-5-6/h1-2,5-6,17,21H,3-4,7-14,19H2;1-5H. The number of aliphatic hydroxyl groups excluding tert-OH is 1. The summed E-state index contributed by atoms with van der Waals surface area (Å²) in [5, 5.41) is 10.8. The van der Waals surface area contributed by atoms with Crippen LogP contribution < -0.4 is 5.73 Å². The van der Waals surface area contributed by atoms with Crippen LogP contribution in [-0.4, -0.2) is 34.4 Å². The van der Waals surface area contributed by atoms with Crippen molar-refractivity contribution in [3.63, 3.8) is 0 Å². The number of nitrogens with zero attached hydrogens (tertiary/aromatic N) is 1. The van der Waals surface area contributed by atoms with Crippen LogP contribution >= 0.6 is 11.9 Å². The van der Waals surface area contributed by atoms with Crippen LogP contribution in [0.4, 0.5) is 4.39 Å². The van der Waals surface area contributed by atoms with Crippen LogP contribution in [0.2, 0.25) is 0 Å². The molecule has 0 amide bonds. The molecule has 1 aliphatic carbocycles. The summed E-state index contributed by atoms with van der Waals surface area (Å²) >= 11 is 1.82. The molecule has 158 valence electrons. The maximum absolute atomic E-state index is 11.9. The second-order valence-electron chi connectivity index (χ2n) is 8.10. The fourth-order valence-corrected chi connectivity index (χ4v) is 5.62. The Balaban J connectivity index is 0.000000290. The van der Waals surface area contributed by atoms with E-state index in [1.54, 1.807) is 18.2 Å². The van der Waals surface area contributed by atoms with Crippen molar-refractivity contribution in [2.45, 2.75) is 51.2 Å². The van der Waals surface area contributed by atoms with Crippen molar-refractivity contribution in [2.75, 3.05) is 18.8 Å². The summed E-state index contributed by atoms with van der Waals surface area (Å²) in [7, 11) is 0. The third-order valence-corrected chi connectivity index (χ3v) is 7.33. The van der Waals surface area contributed by atoms with Crippen molar-refractivity contribution in [3.8, 4) is 0 Å². The van der Waals surface area contributed by atoms with E-state index in [0.29, 0.717) is 6.54 Å². The number of nitrogens with two attached hydrogens (primary N) is 1. The van der Waals surface area contributed by atoms with Gasteiger partial charge >= 0.3 is 0 Å². The number of benzene rings is 2. The first-order valence-electron chi connectivity index (χ1n) is 10.7. The van der Waals surface area contributed by atoms with Crippen molar-refractivity contribution in [3.05, 3.63) is 71.5 Å². The lowest BCUT2D eigenvalue weighted by Crippen LogP contribution is -2.38. The number of hydrogen-bond donors (Lipinski definition) is 2. The van der Waals surface area contributed by atoms with Gasteiger partial charge in [-0.2, -0.15) is 0 Å². The average Bonchev–Trinajstić information content (AvgIpc) is 3.23. The Morgan fingerprint density at radius 3 is 2.31 bits per heavy atom. The SMILES string of the molecule is Fc1ccccc1.NCCC1(C(O)CSN2CCc3ccccc3C2)CCCC1. The highest BCUT2D eigenvalue weighted by Gasteiger charge is 2.39. The first-order chi connectivity index (χ1) is 14.1. The van der Waals surface area contributed by atoms with E-state index in [-0.39, 0.29) is 17.3 Å². The molecule has 5 heteroatoms. The molecule has 3 nitrogen and oxygen atoms in total. The molecule has 4 rings (SSSR count). The zero-order valence-corrected chi connectivity index (χ0v) is 17.9. The van der Waals surface area contributed by atoms with Crippen LogP contribution in [0.5, 0.6) is 0 Å². The van der Waals surface area contributed by atoms with Gasteiger partial charge in [0.05, 0.1) is 6.10 Å². The molecule has 29 heavy (non-hydrogen) atoms. The molecule has 2 aromatic rings. The van der Waals surface area contributed by atoms with Gasteiger partial charge in [0, 0.05) is 18.8 Å². The first kappa shape index (κ1) is 22.3. The molecule has 2 aliphatic rings. The normalized spacial score (nSPS) is 19.1. The minimum absolute atomic E-state index is 0.0927. The number of fused-ring (bicyclic) bond motifs is 1. The Labute approximate surface area is 178 Å². The fourth-order valence-electron chi connectivity index (χ4n) is 4.46. The summed E-state index contributed by atoms with van der Waals surface area (Å²) in [4.78, 5) is 0. The van der Waals surface area contributed by atoms with E-state index in [4.69, 9.17) is 5.73 Å². The minimum atomic E-state index is -0.222. The topological polar surface area (TPSA) is 49.5 Å². The van der Waals surface area contributed by atoms with Crippen LogP contribution in [-0.2, 0) is 13.0 Å². The number of hydrogen-bond acceptors (Lipinski definition) is 4. The Morgan fingerprint density at radius 2 is 1.69 bits per heavy atom. The molecular weight excluding hydrogens is 383 g/mol. The zero-order chi connectivity index (χ0) is 20.5. The average molecular weight is 417 g/mol. The molecule has 0 spiro atoms. The highest BCUT2D eigenvalue weighted by Crippen LogP contribution is 2.44. The molecule has 1 saturated carbocycles. The Hall–Kier alpha value is -1.40. The Kier molecular flexibility index (Phi) is 8.54. The van der Waals surface area contributed by atoms with E-state index in [2.05, 4.69) is 28.6 Å². The first-order valence-corrected chi connectivity index (χ1v) is 11.6. The van der Waals surface area contributed by atoms with E-state index in [1.165, 1.54) is 36.1 Å². The molecule has 0 bridgehead atoms. The molecule has 1 fully saturated rings. The molecule has 0 saturated heterocycles. The van der Waals surface area contributed by atoms with E-state index in [1.807, 2.05) is 11.9 Å². The number of aliphatic hydroxyl groups is 1. The van der Waals surface area contributed by atoms with Crippen molar-refractivity contribution < 1.29 is 9.50 Å². The molecule has 3 N–H and O–H groups in total. The van der Waals surface area contributed by atoms with Crippen LogP contribution in [0.3, 0.4) is 0 Å². The van der Waals surface area contributed by atoms with Gasteiger partial charge in [0.1, 0.15) is 5.82 Å². The monoisotopic (exact) mass is 416 g/mol. The molecular formula is C24H33FN2OS. The fraction of sp³-hybridized carbons (Fsp3) is 0.500. The minimum Gasteiger partial charge on any atom is -0.392 e. The van der Waals surface area contributed by atoms with Crippen LogP contribution in [0.15, 0.2) is 54.6 Å². The van der Waals surface area contributed by atoms with Crippen LogP contribution in [0, 0.1) is 11.2 Å². The van der Waals surface area contributed by atoms with Crippen molar-refractivity contribution in [2.24, 2.45) is 11.1 Å². The van der Waals surface area contributed by atoms with Gasteiger partial charge in [-0.15, -0.1) is 0 Å². The lowest BCUT2D eigenvalue weighted by molar-refractivity contribution is 0.0414. The van der Waals surface area contributed by atoms with Gasteiger partial charge in [-0.25, -0.2) is 8.70 Å². The summed E-state index contributed by atoms with van der Waals surface area (Å²) < 4.78 is 14.3. The summed E-state index contributed by atoms with van der Waals surface area (Å²) in [5.74, 6) is 0.629. The third-order valence-electron chi connectivity index (χ3n) is 6.19. The van der Waals surface area contributed by atoms with Crippen molar-refractivity contribution in [1.82, 2.24) is 4.31 Å². The Bertz CT molecular complexity index is 737. The second-order valence-corrected chi connectivity index (χ2v) is 9.21. The number of halogens is 1. The van der Waals surface area contributed by atoms with Gasteiger partial charge in [-0.05, 0) is 60.9 Å². The van der Waals surface area contributed by atoms with Gasteiger partial charge in [-0.1, -0.05) is 67.3 Å². The second kappa shape index (κ2) is 11.1. The molecule has 0 aromatic heterocycles. The summed E-state index contributed by atoms with van der Waals surface area (Å²) in [6.45, 7) is 2.77. The molecule has 2 aromatic carbocycles. The number of rotatable bonds is 6. The van der Waals surface area contributed by atoms with E-state index in [9.17, 15) is 9.50 Å². The summed E-state index contributed by atoms with van der Waals surface area (Å²) in [6.07, 6.45) is 6.66. The molecule has 1 aliphatic heterocycles. The Morgan fingerprint density at radius 1 is 1.03 bits per heavy atom. The van der Waals surface area contributed by atoms with Crippen molar-refractivity contribution >= 4 is 11.9 Å². The van der Waals surface area contributed by atoms with Gasteiger partial charge in [0.25, 0.3) is 0 Å². The van der Waals surface area contributed by atoms with E-state index in [0.717, 1.165) is 44.5 Å². The molecule has 0 radical (unpaired) electrons. The maximum atomic E-state index is 11.9. The van der Waals surface area contributed by atoms with E-state index >= 15 is 0 Å². The lowest BCUT2D eigenvalue weighted by Gasteiger charge is -2.35. The quantitative estimate of drug-likeness (QED) is 0.665. The molecule has 1 unspecified atom stereocenters. The van der Waals surface area contributed by atoms with Gasteiger partial charge in [0.2, 0.25) is 0 Å². The van der Waals surface area contributed by atoms with Crippen molar-refractivity contribution in [1.29, 1.82) is 0 Å². The predicted molar refractivity (Wildman–Crippen MR) is 120 cm³/mol. The highest BCUT2D eigenvalue weighted by atomic mass is 32.2. The predicted octanol–water partition coefficient (Wildman–Crippen LogP) is 4.79. The van der Waals surface area contributed by atoms with Crippen LogP contribution in [0.25, 0.3) is 0 Å².